The van der Waals surface area contributed by atoms with Gasteiger partial charge in [0.15, 0.2) is 0 Å². The fourth-order valence-electron chi connectivity index (χ4n) is 2.53. The van der Waals surface area contributed by atoms with E-state index in [0.29, 0.717) is 41.3 Å². The van der Waals surface area contributed by atoms with Gasteiger partial charge in [0.05, 0.1) is 18.1 Å². The van der Waals surface area contributed by atoms with E-state index in [0.717, 1.165) is 17.7 Å². The van der Waals surface area contributed by atoms with E-state index in [1.54, 1.807) is 11.8 Å². The van der Waals surface area contributed by atoms with Crippen LogP contribution in [0.1, 0.15) is 45.6 Å². The fourth-order valence-corrected chi connectivity index (χ4v) is 3.84. The Hall–Kier alpha value is -1.86. The topological polar surface area (TPSA) is 55.8 Å². The summed E-state index contributed by atoms with van der Waals surface area (Å²) in [6, 6.07) is 7.68. The van der Waals surface area contributed by atoms with Gasteiger partial charge in [-0.1, -0.05) is 50.0 Å². The Kier molecular flexibility index (Phi) is 8.99. The van der Waals surface area contributed by atoms with Gasteiger partial charge in [0.1, 0.15) is 10.1 Å². The molecule has 1 saturated heterocycles. The van der Waals surface area contributed by atoms with Crippen molar-refractivity contribution in [2.45, 2.75) is 40.0 Å². The molecule has 1 aliphatic rings. The molecular formula is C21H27NO4S2. The minimum absolute atomic E-state index is 0.115. The number of amides is 1. The molecule has 1 heterocycles. The highest BCUT2D eigenvalue weighted by molar-refractivity contribution is 8.26. The second kappa shape index (κ2) is 11.2. The van der Waals surface area contributed by atoms with Crippen LogP contribution < -0.4 is 4.74 Å². The van der Waals surface area contributed by atoms with Gasteiger partial charge >= 0.3 is 5.97 Å². The van der Waals surface area contributed by atoms with Crippen LogP contribution in [0.5, 0.6) is 5.75 Å². The molecule has 152 valence electrons. The normalized spacial score (nSPS) is 15.6. The molecule has 0 aliphatic carbocycles. The largest absolute Gasteiger partial charge is 0.494 e. The number of hydrogen-bond acceptors (Lipinski definition) is 6. The number of ether oxygens (including phenoxy) is 2. The van der Waals surface area contributed by atoms with Crippen LogP contribution in [0.25, 0.3) is 6.08 Å². The van der Waals surface area contributed by atoms with E-state index in [1.807, 2.05) is 30.3 Å². The lowest BCUT2D eigenvalue weighted by Gasteiger charge is -2.13. The molecule has 1 aromatic rings. The van der Waals surface area contributed by atoms with Crippen molar-refractivity contribution < 1.29 is 19.1 Å². The van der Waals surface area contributed by atoms with Crippen molar-refractivity contribution >= 4 is 46.3 Å². The zero-order chi connectivity index (χ0) is 20.5. The molecule has 0 saturated carbocycles. The Morgan fingerprint density at radius 2 is 2.00 bits per heavy atom. The summed E-state index contributed by atoms with van der Waals surface area (Å²) in [7, 11) is 0. The first kappa shape index (κ1) is 22.4. The van der Waals surface area contributed by atoms with Crippen LogP contribution in [0.3, 0.4) is 0 Å². The Morgan fingerprint density at radius 1 is 1.29 bits per heavy atom. The van der Waals surface area contributed by atoms with Gasteiger partial charge in [-0.15, -0.1) is 0 Å². The van der Waals surface area contributed by atoms with Gasteiger partial charge in [0.2, 0.25) is 0 Å². The van der Waals surface area contributed by atoms with Crippen molar-refractivity contribution in [3.63, 3.8) is 0 Å². The highest BCUT2D eigenvalue weighted by atomic mass is 32.2. The van der Waals surface area contributed by atoms with Crippen LogP contribution in [0.2, 0.25) is 0 Å². The number of thiocarbonyl (C=S) groups is 1. The van der Waals surface area contributed by atoms with Crippen molar-refractivity contribution in [3.8, 4) is 5.75 Å². The molecular weight excluding hydrogens is 394 g/mol. The molecule has 0 spiro atoms. The molecule has 0 aromatic heterocycles. The highest BCUT2D eigenvalue weighted by Gasteiger charge is 2.31. The average molecular weight is 422 g/mol. The molecule has 1 amide bonds. The zero-order valence-electron chi connectivity index (χ0n) is 16.6. The predicted octanol–water partition coefficient (Wildman–Crippen LogP) is 4.66. The Bertz CT molecular complexity index is 728. The van der Waals surface area contributed by atoms with Crippen molar-refractivity contribution in [2.75, 3.05) is 19.8 Å². The Labute approximate surface area is 176 Å². The summed E-state index contributed by atoms with van der Waals surface area (Å²) in [5.41, 5.74) is 0.920. The van der Waals surface area contributed by atoms with Gasteiger partial charge < -0.3 is 9.47 Å². The van der Waals surface area contributed by atoms with Crippen molar-refractivity contribution in [1.82, 2.24) is 4.90 Å². The minimum atomic E-state index is -0.251. The minimum Gasteiger partial charge on any atom is -0.494 e. The van der Waals surface area contributed by atoms with Crippen LogP contribution in [-0.2, 0) is 14.3 Å². The first-order valence-electron chi connectivity index (χ1n) is 9.54. The van der Waals surface area contributed by atoms with Gasteiger partial charge in [-0.05, 0) is 49.5 Å². The van der Waals surface area contributed by atoms with Gasteiger partial charge in [-0.3, -0.25) is 14.5 Å². The van der Waals surface area contributed by atoms with Crippen LogP contribution in [0, 0.1) is 5.92 Å². The number of carbonyl (C=O) groups is 2. The van der Waals surface area contributed by atoms with Crippen LogP contribution >= 0.6 is 24.0 Å². The molecule has 2 rings (SSSR count). The molecule has 5 nitrogen and oxygen atoms in total. The van der Waals surface area contributed by atoms with Crippen LogP contribution in [-0.4, -0.2) is 40.9 Å². The highest BCUT2D eigenvalue weighted by Crippen LogP contribution is 2.33. The zero-order valence-corrected chi connectivity index (χ0v) is 18.2. The molecule has 0 unspecified atom stereocenters. The van der Waals surface area contributed by atoms with Crippen molar-refractivity contribution in [1.29, 1.82) is 0 Å². The maximum absolute atomic E-state index is 12.6. The average Bonchev–Trinajstić information content (AvgIpc) is 2.90. The quantitative estimate of drug-likeness (QED) is 0.311. The second-order valence-electron chi connectivity index (χ2n) is 6.84. The number of carbonyl (C=O) groups excluding carboxylic acids is 2. The van der Waals surface area contributed by atoms with Crippen molar-refractivity contribution in [3.05, 3.63) is 34.7 Å². The van der Waals surface area contributed by atoms with Gasteiger partial charge in [-0.2, -0.15) is 0 Å². The number of rotatable bonds is 10. The number of nitrogens with zero attached hydrogens (tertiary/aromatic N) is 1. The predicted molar refractivity (Wildman–Crippen MR) is 117 cm³/mol. The van der Waals surface area contributed by atoms with E-state index < -0.39 is 0 Å². The summed E-state index contributed by atoms with van der Waals surface area (Å²) in [5.74, 6) is 1.07. The Morgan fingerprint density at radius 3 is 2.64 bits per heavy atom. The summed E-state index contributed by atoms with van der Waals surface area (Å²) in [5, 5.41) is 0. The van der Waals surface area contributed by atoms with E-state index in [4.69, 9.17) is 21.7 Å². The van der Waals surface area contributed by atoms with Crippen molar-refractivity contribution in [2.24, 2.45) is 5.92 Å². The molecule has 1 fully saturated rings. The van der Waals surface area contributed by atoms with Gasteiger partial charge in [0.25, 0.3) is 5.91 Å². The first-order valence-corrected chi connectivity index (χ1v) is 10.8. The summed E-state index contributed by atoms with van der Waals surface area (Å²) >= 11 is 6.61. The van der Waals surface area contributed by atoms with Crippen LogP contribution in [0.15, 0.2) is 29.2 Å². The summed E-state index contributed by atoms with van der Waals surface area (Å²) < 4.78 is 11.1. The second-order valence-corrected chi connectivity index (χ2v) is 8.52. The summed E-state index contributed by atoms with van der Waals surface area (Å²) in [4.78, 5) is 26.2. The van der Waals surface area contributed by atoms with E-state index in [2.05, 4.69) is 13.8 Å². The van der Waals surface area contributed by atoms with E-state index in [-0.39, 0.29) is 18.3 Å². The molecule has 0 N–H and O–H groups in total. The van der Waals surface area contributed by atoms with Gasteiger partial charge in [-0.25, -0.2) is 0 Å². The smallest absolute Gasteiger partial charge is 0.305 e. The SMILES string of the molecule is CCOC(=O)CCCN1C(=O)/C(=C\c2ccc(OCCC(C)C)cc2)SC1=S. The third-order valence-electron chi connectivity index (χ3n) is 4.08. The lowest BCUT2D eigenvalue weighted by Crippen LogP contribution is -2.29. The molecule has 1 aromatic carbocycles. The first-order chi connectivity index (χ1) is 13.4. The van der Waals surface area contributed by atoms with E-state index in [9.17, 15) is 9.59 Å². The monoisotopic (exact) mass is 421 g/mol. The Balaban J connectivity index is 1.90. The third-order valence-corrected chi connectivity index (χ3v) is 5.46. The molecule has 7 heteroatoms. The van der Waals surface area contributed by atoms with Gasteiger partial charge in [0, 0.05) is 13.0 Å². The molecule has 0 radical (unpaired) electrons. The lowest BCUT2D eigenvalue weighted by atomic mass is 10.1. The maximum atomic E-state index is 12.6. The molecule has 28 heavy (non-hydrogen) atoms. The number of hydrogen-bond donors (Lipinski definition) is 0. The fraction of sp³-hybridized carbons (Fsp3) is 0.476. The standard InChI is InChI=1S/C21H27NO4S2/c1-4-25-19(23)6-5-12-22-20(24)18(28-21(22)27)14-16-7-9-17(10-8-16)26-13-11-15(2)3/h7-10,14-15H,4-6,11-13H2,1-3H3/b18-14+. The summed E-state index contributed by atoms with van der Waals surface area (Å²) in [6.45, 7) is 7.59. The molecule has 1 aliphatic heterocycles. The number of esters is 1. The third kappa shape index (κ3) is 6.95. The number of benzene rings is 1. The van der Waals surface area contributed by atoms with Crippen LogP contribution in [0.4, 0.5) is 0 Å². The molecule has 0 bridgehead atoms. The molecule has 0 atom stereocenters. The summed E-state index contributed by atoms with van der Waals surface area (Å²) in [6.07, 6.45) is 3.66. The van der Waals surface area contributed by atoms with E-state index in [1.165, 1.54) is 11.8 Å². The van der Waals surface area contributed by atoms with E-state index >= 15 is 0 Å². The number of thioether (sulfide) groups is 1. The maximum Gasteiger partial charge on any atom is 0.305 e. The lowest BCUT2D eigenvalue weighted by molar-refractivity contribution is -0.143.